The predicted octanol–water partition coefficient (Wildman–Crippen LogP) is 13.2. The van der Waals surface area contributed by atoms with Gasteiger partial charge in [0.05, 0.1) is 11.0 Å². The summed E-state index contributed by atoms with van der Waals surface area (Å²) in [5, 5.41) is 4.49. The Morgan fingerprint density at radius 3 is 1.50 bits per heavy atom. The van der Waals surface area contributed by atoms with Gasteiger partial charge >= 0.3 is 0 Å². The summed E-state index contributed by atoms with van der Waals surface area (Å²) < 4.78 is 9.05. The number of benzene rings is 8. The largest absolute Gasteiger partial charge is 0.456 e. The van der Waals surface area contributed by atoms with Crippen molar-refractivity contribution in [3.8, 4) is 62.1 Å². The lowest BCUT2D eigenvalue weighted by Crippen LogP contribution is -2.00. The second kappa shape index (κ2) is 13.0. The Balaban J connectivity index is 1.03. The minimum atomic E-state index is 0.595. The van der Waals surface area contributed by atoms with Crippen LogP contribution in [0, 0.1) is 0 Å². The van der Waals surface area contributed by atoms with E-state index in [2.05, 4.69) is 138 Å². The summed E-state index contributed by atoms with van der Waals surface area (Å²) in [4.78, 5) is 14.8. The first-order chi connectivity index (χ1) is 27.7. The average molecular weight is 717 g/mol. The van der Waals surface area contributed by atoms with Crippen LogP contribution in [0.5, 0.6) is 0 Å². The van der Waals surface area contributed by atoms with Gasteiger partial charge in [-0.25, -0.2) is 15.0 Å². The summed E-state index contributed by atoms with van der Waals surface area (Å²) in [7, 11) is 0. The van der Waals surface area contributed by atoms with Crippen LogP contribution in [0.15, 0.2) is 199 Å². The van der Waals surface area contributed by atoms with Crippen molar-refractivity contribution in [3.05, 3.63) is 194 Å². The summed E-state index contributed by atoms with van der Waals surface area (Å²) >= 11 is 0. The highest BCUT2D eigenvalue weighted by molar-refractivity contribution is 6.17. The molecule has 0 aliphatic carbocycles. The van der Waals surface area contributed by atoms with Gasteiger partial charge in [0.15, 0.2) is 17.5 Å². The molecule has 3 heterocycles. The normalized spacial score (nSPS) is 11.6. The zero-order valence-corrected chi connectivity index (χ0v) is 30.2. The molecule has 0 aliphatic rings. The van der Waals surface area contributed by atoms with Crippen molar-refractivity contribution >= 4 is 43.7 Å². The maximum atomic E-state index is 6.70. The average Bonchev–Trinajstić information content (AvgIpc) is 3.80. The van der Waals surface area contributed by atoms with Crippen molar-refractivity contribution in [2.75, 3.05) is 0 Å². The quantitative estimate of drug-likeness (QED) is 0.172. The van der Waals surface area contributed by atoms with Gasteiger partial charge in [0.1, 0.15) is 11.2 Å². The van der Waals surface area contributed by atoms with Crippen molar-refractivity contribution in [1.82, 2.24) is 19.5 Å². The second-order valence-electron chi connectivity index (χ2n) is 14.1. The van der Waals surface area contributed by atoms with Crippen molar-refractivity contribution in [1.29, 1.82) is 0 Å². The van der Waals surface area contributed by atoms with Gasteiger partial charge in [-0.3, -0.25) is 0 Å². The molecule has 0 saturated carbocycles. The molecule has 3 aromatic heterocycles. The van der Waals surface area contributed by atoms with Crippen LogP contribution in [-0.4, -0.2) is 19.5 Å². The molecule has 0 amide bonds. The fourth-order valence-corrected chi connectivity index (χ4v) is 7.90. The van der Waals surface area contributed by atoms with E-state index >= 15 is 0 Å². The Bertz CT molecular complexity index is 3160. The van der Waals surface area contributed by atoms with Crippen molar-refractivity contribution in [2.24, 2.45) is 0 Å². The number of fused-ring (bicyclic) bond motifs is 6. The van der Waals surface area contributed by atoms with Gasteiger partial charge < -0.3 is 8.98 Å². The predicted molar refractivity (Wildman–Crippen MR) is 229 cm³/mol. The van der Waals surface area contributed by atoms with E-state index in [1.807, 2.05) is 60.7 Å². The molecule has 0 N–H and O–H groups in total. The van der Waals surface area contributed by atoms with Gasteiger partial charge in [0.25, 0.3) is 0 Å². The van der Waals surface area contributed by atoms with Gasteiger partial charge in [-0.1, -0.05) is 152 Å². The molecule has 5 heteroatoms. The van der Waals surface area contributed by atoms with Crippen LogP contribution in [0.2, 0.25) is 0 Å². The summed E-state index contributed by atoms with van der Waals surface area (Å²) in [6.07, 6.45) is 0. The molecule has 11 aromatic rings. The van der Waals surface area contributed by atoms with Crippen LogP contribution in [-0.2, 0) is 0 Å². The van der Waals surface area contributed by atoms with Crippen molar-refractivity contribution in [3.63, 3.8) is 0 Å². The van der Waals surface area contributed by atoms with E-state index in [4.69, 9.17) is 19.4 Å². The standard InChI is InChI=1S/C51H32N4O/c1-4-13-33(14-5-1)34-23-25-35(26-24-34)38-19-12-20-40(29-38)55-45-22-11-10-21-41(45)43-31-44-42-28-27-39(30-47(42)56-48(44)32-46(43)55)51-53-49(36-15-6-2-7-16-36)52-50(54-51)37-17-8-3-9-18-37/h1-32H. The molecular weight excluding hydrogens is 685 g/mol. The first-order valence-electron chi connectivity index (χ1n) is 18.8. The Morgan fingerprint density at radius 1 is 0.304 bits per heavy atom. The zero-order chi connectivity index (χ0) is 37.0. The Labute approximate surface area is 322 Å². The summed E-state index contributed by atoms with van der Waals surface area (Å²) in [5.74, 6) is 1.85. The molecule has 0 atom stereocenters. The van der Waals surface area contributed by atoms with Crippen LogP contribution < -0.4 is 0 Å². The highest BCUT2D eigenvalue weighted by Crippen LogP contribution is 2.40. The number of nitrogens with zero attached hydrogens (tertiary/aromatic N) is 4. The molecule has 0 aliphatic heterocycles. The first kappa shape index (κ1) is 31.9. The van der Waals surface area contributed by atoms with Gasteiger partial charge in [0.2, 0.25) is 0 Å². The fraction of sp³-hybridized carbons (Fsp3) is 0. The van der Waals surface area contributed by atoms with E-state index < -0.39 is 0 Å². The molecule has 0 bridgehead atoms. The third-order valence-electron chi connectivity index (χ3n) is 10.7. The van der Waals surface area contributed by atoms with E-state index in [1.54, 1.807) is 0 Å². The third kappa shape index (κ3) is 5.45. The molecule has 0 fully saturated rings. The Morgan fingerprint density at radius 2 is 0.821 bits per heavy atom. The third-order valence-corrected chi connectivity index (χ3v) is 10.7. The zero-order valence-electron chi connectivity index (χ0n) is 30.2. The maximum absolute atomic E-state index is 6.70. The maximum Gasteiger partial charge on any atom is 0.164 e. The van der Waals surface area contributed by atoms with E-state index in [0.29, 0.717) is 17.5 Å². The van der Waals surface area contributed by atoms with Crippen molar-refractivity contribution in [2.45, 2.75) is 0 Å². The molecule has 8 aromatic carbocycles. The van der Waals surface area contributed by atoms with Crippen LogP contribution in [0.3, 0.4) is 0 Å². The van der Waals surface area contributed by atoms with E-state index in [1.165, 1.54) is 27.5 Å². The van der Waals surface area contributed by atoms with E-state index in [-0.39, 0.29) is 0 Å². The van der Waals surface area contributed by atoms with Crippen LogP contribution in [0.1, 0.15) is 0 Å². The van der Waals surface area contributed by atoms with Gasteiger partial charge in [-0.2, -0.15) is 0 Å². The number of hydrogen-bond acceptors (Lipinski definition) is 4. The highest BCUT2D eigenvalue weighted by Gasteiger charge is 2.18. The van der Waals surface area contributed by atoms with Gasteiger partial charge in [-0.05, 0) is 58.7 Å². The summed E-state index contributed by atoms with van der Waals surface area (Å²) in [6, 6.07) is 67.6. The van der Waals surface area contributed by atoms with Gasteiger partial charge in [0, 0.05) is 50.0 Å². The molecule has 0 spiro atoms. The number of aromatic nitrogens is 4. The lowest BCUT2D eigenvalue weighted by atomic mass is 10.00. The molecule has 0 unspecified atom stereocenters. The topological polar surface area (TPSA) is 56.7 Å². The smallest absolute Gasteiger partial charge is 0.164 e. The molecule has 56 heavy (non-hydrogen) atoms. The van der Waals surface area contributed by atoms with E-state index in [9.17, 15) is 0 Å². The van der Waals surface area contributed by atoms with Crippen LogP contribution in [0.4, 0.5) is 0 Å². The monoisotopic (exact) mass is 716 g/mol. The lowest BCUT2D eigenvalue weighted by molar-refractivity contribution is 0.669. The molecule has 0 radical (unpaired) electrons. The Hall–Kier alpha value is -7.63. The molecule has 5 nitrogen and oxygen atoms in total. The second-order valence-corrected chi connectivity index (χ2v) is 14.1. The number of para-hydroxylation sites is 1. The fourth-order valence-electron chi connectivity index (χ4n) is 7.90. The lowest BCUT2D eigenvalue weighted by Gasteiger charge is -2.11. The summed E-state index contributed by atoms with van der Waals surface area (Å²) in [6.45, 7) is 0. The minimum Gasteiger partial charge on any atom is -0.456 e. The highest BCUT2D eigenvalue weighted by atomic mass is 16.3. The van der Waals surface area contributed by atoms with Crippen molar-refractivity contribution < 1.29 is 4.42 Å². The molecule has 11 rings (SSSR count). The van der Waals surface area contributed by atoms with Crippen LogP contribution in [0.25, 0.3) is 106 Å². The first-order valence-corrected chi connectivity index (χ1v) is 18.8. The van der Waals surface area contributed by atoms with E-state index in [0.717, 1.165) is 60.9 Å². The molecule has 0 saturated heterocycles. The number of furan rings is 1. The van der Waals surface area contributed by atoms with Crippen LogP contribution >= 0.6 is 0 Å². The SMILES string of the molecule is c1ccc(-c2ccc(-c3cccc(-n4c5ccccc5c5cc6c(cc54)oc4cc(-c5nc(-c7ccccc7)nc(-c7ccccc7)n5)ccc46)c3)cc2)cc1. The van der Waals surface area contributed by atoms with Gasteiger partial charge in [-0.15, -0.1) is 0 Å². The summed E-state index contributed by atoms with van der Waals surface area (Å²) in [5.41, 5.74) is 12.4. The molecular formula is C51H32N4O. The molecule has 262 valence electrons. The number of hydrogen-bond donors (Lipinski definition) is 0. The minimum absolute atomic E-state index is 0.595. The number of rotatable bonds is 6. The Kier molecular flexibility index (Phi) is 7.42.